The molecule has 1 amide bonds. The molecule has 1 fully saturated rings. The molecule has 124 valence electrons. The van der Waals surface area contributed by atoms with Gasteiger partial charge < -0.3 is 9.64 Å². The van der Waals surface area contributed by atoms with E-state index in [0.29, 0.717) is 12.0 Å². The number of halogens is 1. The Hall–Kier alpha value is -1.80. The molecule has 0 aliphatic carbocycles. The van der Waals surface area contributed by atoms with Crippen LogP contribution in [-0.4, -0.2) is 38.3 Å². The lowest BCUT2D eigenvalue weighted by molar-refractivity contribution is -0.384. The van der Waals surface area contributed by atoms with E-state index in [4.69, 9.17) is 16.3 Å². The molecule has 0 spiro atoms. The molecule has 0 radical (unpaired) electrons. The van der Waals surface area contributed by atoms with Crippen LogP contribution in [0.4, 0.5) is 5.69 Å². The summed E-state index contributed by atoms with van der Waals surface area (Å²) < 4.78 is 5.08. The number of carbonyl (C=O) groups is 2. The topological polar surface area (TPSA) is 89.8 Å². The van der Waals surface area contributed by atoms with Crippen LogP contribution in [0.3, 0.4) is 0 Å². The van der Waals surface area contributed by atoms with Crippen LogP contribution in [0, 0.1) is 10.1 Å². The van der Waals surface area contributed by atoms with Crippen molar-refractivity contribution in [1.82, 2.24) is 4.90 Å². The second-order valence-electron chi connectivity index (χ2n) is 4.78. The molecule has 1 saturated heterocycles. The highest BCUT2D eigenvalue weighted by atomic mass is 35.5. The van der Waals surface area contributed by atoms with Crippen LogP contribution in [0.2, 0.25) is 0 Å². The second kappa shape index (κ2) is 7.65. The quantitative estimate of drug-likeness (QED) is 0.186. The van der Waals surface area contributed by atoms with E-state index < -0.39 is 16.4 Å². The first-order chi connectivity index (χ1) is 10.9. The minimum atomic E-state index is -1.15. The SMILES string of the molecule is CCSC1CC(=O)N1C(Cl)C(=O)OCc1ccc([N+](=O)[O-])cc1. The Labute approximate surface area is 142 Å². The first kappa shape index (κ1) is 17.6. The summed E-state index contributed by atoms with van der Waals surface area (Å²) in [6.07, 6.45) is 0.372. The fraction of sp³-hybridized carbons (Fsp3) is 0.429. The highest BCUT2D eigenvalue weighted by molar-refractivity contribution is 7.99. The molecule has 0 aromatic heterocycles. The number of ether oxygens (including phenoxy) is 1. The number of alkyl halides is 1. The maximum absolute atomic E-state index is 12.0. The van der Waals surface area contributed by atoms with E-state index in [9.17, 15) is 19.7 Å². The van der Waals surface area contributed by atoms with Gasteiger partial charge in [-0.1, -0.05) is 18.5 Å². The van der Waals surface area contributed by atoms with Crippen molar-refractivity contribution in [1.29, 1.82) is 0 Å². The highest BCUT2D eigenvalue weighted by Gasteiger charge is 2.43. The van der Waals surface area contributed by atoms with Crippen LogP contribution >= 0.6 is 23.4 Å². The number of nitro benzene ring substituents is 1. The minimum Gasteiger partial charge on any atom is -0.458 e. The monoisotopic (exact) mass is 358 g/mol. The third-order valence-electron chi connectivity index (χ3n) is 3.27. The largest absolute Gasteiger partial charge is 0.458 e. The van der Waals surface area contributed by atoms with E-state index in [0.717, 1.165) is 5.75 Å². The van der Waals surface area contributed by atoms with Gasteiger partial charge in [0.25, 0.3) is 5.69 Å². The number of rotatable bonds is 7. The molecule has 1 aromatic rings. The Kier molecular flexibility index (Phi) is 5.84. The van der Waals surface area contributed by atoms with Crippen molar-refractivity contribution >= 4 is 40.9 Å². The maximum Gasteiger partial charge on any atom is 0.345 e. The molecule has 23 heavy (non-hydrogen) atoms. The summed E-state index contributed by atoms with van der Waals surface area (Å²) >= 11 is 7.56. The molecule has 0 bridgehead atoms. The van der Waals surface area contributed by atoms with Crippen LogP contribution in [0.15, 0.2) is 24.3 Å². The minimum absolute atomic E-state index is 0.0408. The molecule has 0 saturated carbocycles. The zero-order valence-corrected chi connectivity index (χ0v) is 13.9. The molecule has 9 heteroatoms. The summed E-state index contributed by atoms with van der Waals surface area (Å²) in [7, 11) is 0. The smallest absolute Gasteiger partial charge is 0.345 e. The number of carbonyl (C=O) groups excluding carboxylic acids is 2. The fourth-order valence-corrected chi connectivity index (χ4v) is 3.48. The molecule has 1 aromatic carbocycles. The van der Waals surface area contributed by atoms with Gasteiger partial charge in [0, 0.05) is 12.1 Å². The Balaban J connectivity index is 1.88. The second-order valence-corrected chi connectivity index (χ2v) is 6.65. The number of hydrogen-bond acceptors (Lipinski definition) is 6. The van der Waals surface area contributed by atoms with E-state index in [2.05, 4.69) is 0 Å². The van der Waals surface area contributed by atoms with Crippen molar-refractivity contribution < 1.29 is 19.2 Å². The van der Waals surface area contributed by atoms with Gasteiger partial charge in [0.2, 0.25) is 11.4 Å². The first-order valence-corrected chi connectivity index (χ1v) is 8.39. The number of nitro groups is 1. The van der Waals surface area contributed by atoms with Crippen molar-refractivity contribution in [3.8, 4) is 0 Å². The van der Waals surface area contributed by atoms with Gasteiger partial charge in [-0.2, -0.15) is 0 Å². The molecule has 1 aliphatic heterocycles. The number of amides is 1. The summed E-state index contributed by atoms with van der Waals surface area (Å²) in [6.45, 7) is 1.90. The van der Waals surface area contributed by atoms with E-state index in [-0.39, 0.29) is 23.6 Å². The van der Waals surface area contributed by atoms with Crippen LogP contribution in [0.5, 0.6) is 0 Å². The first-order valence-electron chi connectivity index (χ1n) is 6.90. The number of benzene rings is 1. The molecule has 0 N–H and O–H groups in total. The highest BCUT2D eigenvalue weighted by Crippen LogP contribution is 2.33. The van der Waals surface area contributed by atoms with E-state index in [1.165, 1.54) is 29.2 Å². The Morgan fingerprint density at radius 2 is 2.17 bits per heavy atom. The zero-order valence-electron chi connectivity index (χ0n) is 12.3. The van der Waals surface area contributed by atoms with E-state index in [1.807, 2.05) is 6.92 Å². The molecule has 7 nitrogen and oxygen atoms in total. The van der Waals surface area contributed by atoms with E-state index >= 15 is 0 Å². The molecular weight excluding hydrogens is 344 g/mol. The Bertz CT molecular complexity index is 610. The average molecular weight is 359 g/mol. The number of non-ortho nitro benzene ring substituents is 1. The number of hydrogen-bond donors (Lipinski definition) is 0. The number of β-lactam (4-membered cyclic amide) rings is 1. The van der Waals surface area contributed by atoms with Gasteiger partial charge in [0.15, 0.2) is 0 Å². The molecule has 2 rings (SSSR count). The third kappa shape index (κ3) is 4.14. The average Bonchev–Trinajstić information content (AvgIpc) is 2.52. The van der Waals surface area contributed by atoms with Crippen molar-refractivity contribution in [2.45, 2.75) is 30.8 Å². The predicted octanol–water partition coefficient (Wildman–Crippen LogP) is 2.51. The molecule has 2 unspecified atom stereocenters. The number of esters is 1. The lowest BCUT2D eigenvalue weighted by atomic mass is 10.2. The molecule has 1 heterocycles. The van der Waals surface area contributed by atoms with Gasteiger partial charge in [-0.3, -0.25) is 14.9 Å². The summed E-state index contributed by atoms with van der Waals surface area (Å²) in [4.78, 5) is 34.9. The van der Waals surface area contributed by atoms with Crippen LogP contribution in [-0.2, 0) is 20.9 Å². The zero-order chi connectivity index (χ0) is 17.0. The van der Waals surface area contributed by atoms with Gasteiger partial charge in [0.1, 0.15) is 6.61 Å². The number of thioether (sulfide) groups is 1. The van der Waals surface area contributed by atoms with Crippen molar-refractivity contribution in [2.24, 2.45) is 0 Å². The fourth-order valence-electron chi connectivity index (χ4n) is 2.06. The van der Waals surface area contributed by atoms with Gasteiger partial charge in [-0.05, 0) is 23.4 Å². The Morgan fingerprint density at radius 1 is 1.52 bits per heavy atom. The maximum atomic E-state index is 12.0. The van der Waals surface area contributed by atoms with Gasteiger partial charge in [-0.25, -0.2) is 4.79 Å². The number of likely N-dealkylation sites (tertiary alicyclic amines) is 1. The molecule has 1 aliphatic rings. The normalized spacial score (nSPS) is 18.3. The van der Waals surface area contributed by atoms with Crippen LogP contribution < -0.4 is 0 Å². The van der Waals surface area contributed by atoms with Crippen molar-refractivity contribution in [3.63, 3.8) is 0 Å². The summed E-state index contributed by atoms with van der Waals surface area (Å²) in [5.74, 6) is -0.0707. The van der Waals surface area contributed by atoms with Gasteiger partial charge >= 0.3 is 5.97 Å². The lowest BCUT2D eigenvalue weighted by Crippen LogP contribution is -2.56. The molecule has 2 atom stereocenters. The predicted molar refractivity (Wildman–Crippen MR) is 85.9 cm³/mol. The van der Waals surface area contributed by atoms with Gasteiger partial charge in [-0.15, -0.1) is 11.8 Å². The van der Waals surface area contributed by atoms with Crippen molar-refractivity contribution in [3.05, 3.63) is 39.9 Å². The summed E-state index contributed by atoms with van der Waals surface area (Å²) in [5.41, 5.74) is -0.596. The van der Waals surface area contributed by atoms with Crippen molar-refractivity contribution in [2.75, 3.05) is 5.75 Å². The number of nitrogens with zero attached hydrogens (tertiary/aromatic N) is 2. The standard InChI is InChI=1S/C14H15ClN2O5S/c1-2-23-12-7-11(18)16(12)13(15)14(19)22-8-9-3-5-10(6-4-9)17(20)21/h3-6,12-13H,2,7-8H2,1H3. The van der Waals surface area contributed by atoms with Crippen LogP contribution in [0.25, 0.3) is 0 Å². The summed E-state index contributed by atoms with van der Waals surface area (Å²) in [5, 5.41) is 10.5. The lowest BCUT2D eigenvalue weighted by Gasteiger charge is -2.41. The molecular formula is C14H15ClN2O5S. The summed E-state index contributed by atoms with van der Waals surface area (Å²) in [6, 6.07) is 5.65. The van der Waals surface area contributed by atoms with Gasteiger partial charge in [0.05, 0.1) is 16.7 Å². The Morgan fingerprint density at radius 3 is 2.70 bits per heavy atom. The van der Waals surface area contributed by atoms with Crippen LogP contribution in [0.1, 0.15) is 18.9 Å². The third-order valence-corrected chi connectivity index (χ3v) is 4.77. The van der Waals surface area contributed by atoms with E-state index in [1.54, 1.807) is 11.8 Å².